The Morgan fingerprint density at radius 2 is 1.82 bits per heavy atom. The molecule has 0 aliphatic carbocycles. The van der Waals surface area contributed by atoms with E-state index in [-0.39, 0.29) is 55.0 Å². The van der Waals surface area contributed by atoms with Gasteiger partial charge in [0, 0.05) is 35.6 Å². The van der Waals surface area contributed by atoms with Crippen LogP contribution in [0.2, 0.25) is 5.02 Å². The Bertz CT molecular complexity index is 1500. The number of nitrogens with one attached hydrogen (secondary N) is 1. The maximum absolute atomic E-state index is 13.8. The second-order valence-electron chi connectivity index (χ2n) is 11.4. The van der Waals surface area contributed by atoms with Crippen molar-refractivity contribution in [1.82, 2.24) is 14.9 Å². The fourth-order valence-corrected chi connectivity index (χ4v) is 5.21. The lowest BCUT2D eigenvalue weighted by molar-refractivity contribution is -0.143. The van der Waals surface area contributed by atoms with Crippen molar-refractivity contribution in [3.63, 3.8) is 0 Å². The highest BCUT2D eigenvalue weighted by molar-refractivity contribution is 6.31. The first-order chi connectivity index (χ1) is 21.5. The summed E-state index contributed by atoms with van der Waals surface area (Å²) in [6, 6.07) is 8.31. The molecule has 11 nitrogen and oxygen atoms in total. The Hall–Kier alpha value is -3.96. The van der Waals surface area contributed by atoms with Crippen LogP contribution in [0.5, 0.6) is 0 Å². The molecule has 0 aliphatic rings. The Labute approximate surface area is 269 Å². The maximum Gasteiger partial charge on any atom is 0.416 e. The number of carbonyl (C=O) groups excluding carboxylic acids is 4. The van der Waals surface area contributed by atoms with E-state index < -0.39 is 24.8 Å². The van der Waals surface area contributed by atoms with E-state index in [1.807, 2.05) is 6.92 Å². The first-order valence-electron chi connectivity index (χ1n) is 15.1. The second kappa shape index (κ2) is 16.9. The molecule has 0 fully saturated rings. The third-order valence-electron chi connectivity index (χ3n) is 7.27. The molecule has 0 bridgehead atoms. The minimum absolute atomic E-state index is 0.000999. The van der Waals surface area contributed by atoms with Crippen molar-refractivity contribution in [2.75, 3.05) is 32.1 Å². The molecule has 3 aromatic rings. The molecule has 1 N–H and O–H groups in total. The van der Waals surface area contributed by atoms with Crippen molar-refractivity contribution in [3.8, 4) is 0 Å². The number of nitrogens with zero attached hydrogens (tertiary/aromatic N) is 3. The number of amides is 1. The van der Waals surface area contributed by atoms with Gasteiger partial charge in [-0.25, -0.2) is 14.6 Å². The summed E-state index contributed by atoms with van der Waals surface area (Å²) in [5, 5.41) is 3.61. The van der Waals surface area contributed by atoms with Gasteiger partial charge in [-0.05, 0) is 44.0 Å². The molecule has 0 spiro atoms. The van der Waals surface area contributed by atoms with Crippen molar-refractivity contribution >= 4 is 52.1 Å². The highest BCUT2D eigenvalue weighted by Gasteiger charge is 2.30. The molecule has 0 saturated heterocycles. The molecule has 2 aromatic heterocycles. The summed E-state index contributed by atoms with van der Waals surface area (Å²) in [4.78, 5) is 57.7. The van der Waals surface area contributed by atoms with Crippen LogP contribution in [0.25, 0.3) is 10.9 Å². The van der Waals surface area contributed by atoms with Crippen LogP contribution in [0.4, 0.5) is 10.6 Å². The summed E-state index contributed by atoms with van der Waals surface area (Å²) in [7, 11) is 3.10. The lowest BCUT2D eigenvalue weighted by Gasteiger charge is -2.20. The number of halogens is 1. The molecule has 1 atom stereocenters. The second-order valence-corrected chi connectivity index (χ2v) is 11.8. The molecule has 1 aromatic carbocycles. The summed E-state index contributed by atoms with van der Waals surface area (Å²) >= 11 is 6.34. The third kappa shape index (κ3) is 9.51. The van der Waals surface area contributed by atoms with Gasteiger partial charge in [-0.3, -0.25) is 14.5 Å². The minimum Gasteiger partial charge on any atom is -0.461 e. The number of aromatic nitrogens is 2. The van der Waals surface area contributed by atoms with Crippen molar-refractivity contribution < 1.29 is 33.4 Å². The minimum atomic E-state index is -0.790. The Morgan fingerprint density at radius 1 is 1.07 bits per heavy atom. The van der Waals surface area contributed by atoms with E-state index in [1.165, 1.54) is 22.7 Å². The SMILES string of the molecule is CCOC(=O)c1c(C(=O)CC(C)CCCC(C)C)c2ccc(Cl)cc2n1COC(=O)N(C)c1ncccc1COC(=O)CNC. The van der Waals surface area contributed by atoms with Crippen molar-refractivity contribution in [1.29, 1.82) is 0 Å². The zero-order chi connectivity index (χ0) is 33.1. The number of rotatable bonds is 16. The number of ketones is 1. The Kier molecular flexibility index (Phi) is 13.4. The summed E-state index contributed by atoms with van der Waals surface area (Å²) in [6.07, 6.45) is 3.93. The number of anilines is 1. The van der Waals surface area contributed by atoms with Crippen LogP contribution in [0, 0.1) is 11.8 Å². The molecule has 2 heterocycles. The number of likely N-dealkylation sites (N-methyl/N-ethyl adjacent to an activating group) is 1. The zero-order valence-electron chi connectivity index (χ0n) is 26.9. The number of benzene rings is 1. The van der Waals surface area contributed by atoms with Gasteiger partial charge in [0.25, 0.3) is 0 Å². The zero-order valence-corrected chi connectivity index (χ0v) is 27.6. The van der Waals surface area contributed by atoms with Gasteiger partial charge in [0.1, 0.15) is 18.1 Å². The average molecular weight is 643 g/mol. The topological polar surface area (TPSA) is 129 Å². The van der Waals surface area contributed by atoms with Gasteiger partial charge in [0.05, 0.1) is 24.2 Å². The predicted octanol–water partition coefficient (Wildman–Crippen LogP) is 6.39. The predicted molar refractivity (Wildman–Crippen MR) is 173 cm³/mol. The van der Waals surface area contributed by atoms with Gasteiger partial charge < -0.3 is 24.1 Å². The molecule has 1 unspecified atom stereocenters. The summed E-state index contributed by atoms with van der Waals surface area (Å²) < 4.78 is 17.7. The highest BCUT2D eigenvalue weighted by Crippen LogP contribution is 2.32. The van der Waals surface area contributed by atoms with E-state index in [0.29, 0.717) is 27.4 Å². The van der Waals surface area contributed by atoms with E-state index in [0.717, 1.165) is 19.3 Å². The lowest BCUT2D eigenvalue weighted by Crippen LogP contribution is -2.30. The molecular weight excluding hydrogens is 600 g/mol. The van der Waals surface area contributed by atoms with Gasteiger partial charge in [0.2, 0.25) is 0 Å². The fourth-order valence-electron chi connectivity index (χ4n) is 5.05. The monoisotopic (exact) mass is 642 g/mol. The third-order valence-corrected chi connectivity index (χ3v) is 7.51. The molecule has 3 rings (SSSR count). The highest BCUT2D eigenvalue weighted by atomic mass is 35.5. The number of Topliss-reactive ketones (excluding diaryl/α,β-unsaturated/α-hetero) is 1. The van der Waals surface area contributed by atoms with Gasteiger partial charge >= 0.3 is 18.0 Å². The first-order valence-corrected chi connectivity index (χ1v) is 15.5. The van der Waals surface area contributed by atoms with Crippen LogP contribution in [0.3, 0.4) is 0 Å². The largest absolute Gasteiger partial charge is 0.461 e. The molecule has 12 heteroatoms. The van der Waals surface area contributed by atoms with Crippen LogP contribution >= 0.6 is 11.6 Å². The fraction of sp³-hybridized carbons (Fsp3) is 0.485. The van der Waals surface area contributed by atoms with E-state index in [4.69, 9.17) is 25.8 Å². The van der Waals surface area contributed by atoms with Crippen LogP contribution in [-0.4, -0.2) is 60.6 Å². The number of hydrogen-bond acceptors (Lipinski definition) is 9. The van der Waals surface area contributed by atoms with Crippen molar-refractivity contribution in [2.45, 2.75) is 66.7 Å². The molecule has 1 amide bonds. The van der Waals surface area contributed by atoms with E-state index >= 15 is 0 Å². The standard InChI is InChI=1S/C33H43ClN4O7/c1-7-43-32(41)30-29(27(39)16-22(4)11-8-10-21(2)3)25-14-13-24(34)17-26(25)38(30)20-45-33(42)37(6)31-23(12-9-15-36-31)19-44-28(40)18-35-5/h9,12-15,17,21-22,35H,7-8,10-11,16,18-20H2,1-6H3. The van der Waals surface area contributed by atoms with Crippen LogP contribution < -0.4 is 10.2 Å². The average Bonchev–Trinajstić information content (AvgIpc) is 3.32. The smallest absolute Gasteiger partial charge is 0.416 e. The van der Waals surface area contributed by atoms with E-state index in [1.54, 1.807) is 44.3 Å². The first kappa shape index (κ1) is 35.5. The Morgan fingerprint density at radius 3 is 2.51 bits per heavy atom. The molecular formula is C33H43ClN4O7. The van der Waals surface area contributed by atoms with Crippen LogP contribution in [-0.2, 0) is 32.3 Å². The number of pyridine rings is 1. The normalized spacial score (nSPS) is 11.8. The molecule has 0 saturated carbocycles. The Balaban J connectivity index is 1.92. The number of hydrogen-bond donors (Lipinski definition) is 1. The van der Waals surface area contributed by atoms with Gasteiger partial charge in [-0.15, -0.1) is 0 Å². The number of carbonyl (C=O) groups is 4. The van der Waals surface area contributed by atoms with E-state index in [2.05, 4.69) is 24.1 Å². The molecule has 0 radical (unpaired) electrons. The van der Waals surface area contributed by atoms with Gasteiger partial charge in [0.15, 0.2) is 12.5 Å². The lowest BCUT2D eigenvalue weighted by atomic mass is 9.92. The van der Waals surface area contributed by atoms with Crippen molar-refractivity contribution in [3.05, 3.63) is 58.4 Å². The van der Waals surface area contributed by atoms with E-state index in [9.17, 15) is 19.2 Å². The van der Waals surface area contributed by atoms with Gasteiger partial charge in [-0.2, -0.15) is 0 Å². The summed E-state index contributed by atoms with van der Waals surface area (Å²) in [6.45, 7) is 7.66. The number of esters is 2. The van der Waals surface area contributed by atoms with Gasteiger partial charge in [-0.1, -0.05) is 63.8 Å². The number of ether oxygens (including phenoxy) is 3. The molecule has 244 valence electrons. The molecule has 0 aliphatic heterocycles. The van der Waals surface area contributed by atoms with Crippen molar-refractivity contribution in [2.24, 2.45) is 11.8 Å². The van der Waals surface area contributed by atoms with Crippen LogP contribution in [0.15, 0.2) is 36.5 Å². The van der Waals surface area contributed by atoms with Crippen LogP contribution in [0.1, 0.15) is 79.8 Å². The maximum atomic E-state index is 13.8. The summed E-state index contributed by atoms with van der Waals surface area (Å²) in [5.74, 6) is -0.451. The summed E-state index contributed by atoms with van der Waals surface area (Å²) in [5.41, 5.74) is 1.16. The molecule has 45 heavy (non-hydrogen) atoms. The quantitative estimate of drug-likeness (QED) is 0.107. The number of fused-ring (bicyclic) bond motifs is 1.